The Morgan fingerprint density at radius 2 is 2.38 bits per heavy atom. The molecule has 16 heavy (non-hydrogen) atoms. The van der Waals surface area contributed by atoms with E-state index < -0.39 is 0 Å². The lowest BCUT2D eigenvalue weighted by molar-refractivity contribution is 0.0228. The number of fused-ring (bicyclic) bond motifs is 1. The van der Waals surface area contributed by atoms with Gasteiger partial charge in [0.15, 0.2) is 5.82 Å². The molecule has 0 unspecified atom stereocenters. The Hall–Kier alpha value is -1.46. The van der Waals surface area contributed by atoms with Crippen LogP contribution in [0.25, 0.3) is 11.0 Å². The molecule has 5 heteroatoms. The van der Waals surface area contributed by atoms with Crippen LogP contribution in [0.2, 0.25) is 0 Å². The number of halogens is 1. The van der Waals surface area contributed by atoms with Gasteiger partial charge in [-0.15, -0.1) is 0 Å². The number of rotatable bonds is 1. The predicted molar refractivity (Wildman–Crippen MR) is 57.6 cm³/mol. The number of aromatic amines is 1. The van der Waals surface area contributed by atoms with Crippen molar-refractivity contribution < 1.29 is 9.13 Å². The number of morpholine rings is 1. The van der Waals surface area contributed by atoms with Crippen LogP contribution in [-0.2, 0) is 4.74 Å². The lowest BCUT2D eigenvalue weighted by Crippen LogP contribution is -2.33. The summed E-state index contributed by atoms with van der Waals surface area (Å²) in [6.07, 6.45) is -0.111. The second-order valence-electron chi connectivity index (χ2n) is 3.82. The van der Waals surface area contributed by atoms with Gasteiger partial charge >= 0.3 is 0 Å². The molecule has 1 aromatic carbocycles. The average molecular weight is 221 g/mol. The molecule has 0 amide bonds. The van der Waals surface area contributed by atoms with E-state index in [0.29, 0.717) is 30.0 Å². The summed E-state index contributed by atoms with van der Waals surface area (Å²) in [4.78, 5) is 7.33. The minimum absolute atomic E-state index is 0.111. The van der Waals surface area contributed by atoms with Gasteiger partial charge in [-0.1, -0.05) is 6.07 Å². The van der Waals surface area contributed by atoms with E-state index in [1.807, 2.05) is 6.07 Å². The summed E-state index contributed by atoms with van der Waals surface area (Å²) in [6.45, 7) is 2.22. The normalized spacial score (nSPS) is 21.4. The zero-order valence-corrected chi connectivity index (χ0v) is 8.66. The van der Waals surface area contributed by atoms with Gasteiger partial charge in [0.1, 0.15) is 17.4 Å². The van der Waals surface area contributed by atoms with Gasteiger partial charge in [-0.25, -0.2) is 9.37 Å². The predicted octanol–water partition coefficient (Wildman–Crippen LogP) is 1.36. The molecule has 3 rings (SSSR count). The second kappa shape index (κ2) is 3.84. The minimum atomic E-state index is -0.302. The van der Waals surface area contributed by atoms with E-state index in [0.717, 1.165) is 6.54 Å². The second-order valence-corrected chi connectivity index (χ2v) is 3.82. The molecule has 4 nitrogen and oxygen atoms in total. The Morgan fingerprint density at radius 1 is 1.44 bits per heavy atom. The van der Waals surface area contributed by atoms with Crippen molar-refractivity contribution in [2.75, 3.05) is 19.7 Å². The van der Waals surface area contributed by atoms with Crippen LogP contribution >= 0.6 is 0 Å². The average Bonchev–Trinajstić information content (AvgIpc) is 2.76. The van der Waals surface area contributed by atoms with Gasteiger partial charge in [-0.2, -0.15) is 0 Å². The number of ether oxygens (including phenoxy) is 1. The van der Waals surface area contributed by atoms with Gasteiger partial charge in [-0.3, -0.25) is 0 Å². The molecule has 0 radical (unpaired) electrons. The zero-order chi connectivity index (χ0) is 11.0. The molecule has 2 heterocycles. The summed E-state index contributed by atoms with van der Waals surface area (Å²) < 4.78 is 19.0. The SMILES string of the molecule is Fc1cccc2[nH]c([C@@H]3CNCCO3)nc12. The summed E-state index contributed by atoms with van der Waals surface area (Å²) in [5.41, 5.74) is 1.09. The number of para-hydroxylation sites is 1. The van der Waals surface area contributed by atoms with Crippen molar-refractivity contribution in [2.24, 2.45) is 0 Å². The maximum atomic E-state index is 13.4. The number of hydrogen-bond acceptors (Lipinski definition) is 3. The van der Waals surface area contributed by atoms with Crippen LogP contribution in [-0.4, -0.2) is 29.7 Å². The summed E-state index contributed by atoms with van der Waals surface area (Å²) in [5.74, 6) is 0.385. The van der Waals surface area contributed by atoms with Gasteiger partial charge < -0.3 is 15.0 Å². The van der Waals surface area contributed by atoms with Gasteiger partial charge in [0.25, 0.3) is 0 Å². The topological polar surface area (TPSA) is 49.9 Å². The number of aromatic nitrogens is 2. The standard InChI is InChI=1S/C11H12FN3O/c12-7-2-1-3-8-10(7)15-11(14-8)9-6-13-4-5-16-9/h1-3,9,13H,4-6H2,(H,14,15)/t9-/m0/s1. The highest BCUT2D eigenvalue weighted by Gasteiger charge is 2.19. The first-order valence-electron chi connectivity index (χ1n) is 5.31. The Morgan fingerprint density at radius 3 is 3.12 bits per heavy atom. The number of nitrogens with zero attached hydrogens (tertiary/aromatic N) is 1. The molecule has 1 atom stereocenters. The van der Waals surface area contributed by atoms with Crippen LogP contribution in [0.15, 0.2) is 18.2 Å². The largest absolute Gasteiger partial charge is 0.368 e. The van der Waals surface area contributed by atoms with Crippen molar-refractivity contribution in [1.82, 2.24) is 15.3 Å². The molecule has 1 aliphatic rings. The molecule has 1 saturated heterocycles. The van der Waals surface area contributed by atoms with Crippen molar-refractivity contribution in [2.45, 2.75) is 6.10 Å². The van der Waals surface area contributed by atoms with Crippen molar-refractivity contribution in [1.29, 1.82) is 0 Å². The van der Waals surface area contributed by atoms with E-state index in [-0.39, 0.29) is 11.9 Å². The molecule has 84 valence electrons. The molecular formula is C11H12FN3O. The van der Waals surface area contributed by atoms with Crippen molar-refractivity contribution in [3.8, 4) is 0 Å². The van der Waals surface area contributed by atoms with Crippen LogP contribution in [0.3, 0.4) is 0 Å². The summed E-state index contributed by atoms with van der Waals surface area (Å²) in [7, 11) is 0. The van der Waals surface area contributed by atoms with Crippen LogP contribution in [0, 0.1) is 5.82 Å². The van der Waals surface area contributed by atoms with Crippen LogP contribution in [0.4, 0.5) is 4.39 Å². The first-order valence-corrected chi connectivity index (χ1v) is 5.31. The quantitative estimate of drug-likeness (QED) is 0.764. The maximum Gasteiger partial charge on any atom is 0.151 e. The highest BCUT2D eigenvalue weighted by Crippen LogP contribution is 2.21. The van der Waals surface area contributed by atoms with Crippen molar-refractivity contribution in [3.05, 3.63) is 29.8 Å². The molecule has 0 bridgehead atoms. The molecule has 0 spiro atoms. The molecule has 2 aromatic rings. The van der Waals surface area contributed by atoms with E-state index >= 15 is 0 Å². The molecule has 2 N–H and O–H groups in total. The van der Waals surface area contributed by atoms with Gasteiger partial charge in [0.2, 0.25) is 0 Å². The van der Waals surface area contributed by atoms with E-state index in [1.165, 1.54) is 6.07 Å². The van der Waals surface area contributed by atoms with E-state index in [4.69, 9.17) is 4.74 Å². The molecule has 0 aliphatic carbocycles. The summed E-state index contributed by atoms with van der Waals surface area (Å²) in [5, 5.41) is 3.21. The Bertz CT molecular complexity index is 505. The molecule has 1 aromatic heterocycles. The Labute approximate surface area is 91.8 Å². The first-order chi connectivity index (χ1) is 7.84. The molecular weight excluding hydrogens is 209 g/mol. The number of hydrogen-bond donors (Lipinski definition) is 2. The third kappa shape index (κ3) is 1.58. The van der Waals surface area contributed by atoms with Crippen LogP contribution in [0.5, 0.6) is 0 Å². The number of H-pyrrole nitrogens is 1. The monoisotopic (exact) mass is 221 g/mol. The highest BCUT2D eigenvalue weighted by atomic mass is 19.1. The van der Waals surface area contributed by atoms with Gasteiger partial charge in [-0.05, 0) is 12.1 Å². The lowest BCUT2D eigenvalue weighted by Gasteiger charge is -2.21. The smallest absolute Gasteiger partial charge is 0.151 e. The van der Waals surface area contributed by atoms with E-state index in [2.05, 4.69) is 15.3 Å². The molecule has 1 fully saturated rings. The van der Waals surface area contributed by atoms with Crippen molar-refractivity contribution in [3.63, 3.8) is 0 Å². The molecule has 1 aliphatic heterocycles. The van der Waals surface area contributed by atoms with Crippen LogP contribution in [0.1, 0.15) is 11.9 Å². The third-order valence-corrected chi connectivity index (χ3v) is 2.71. The fraction of sp³-hybridized carbons (Fsp3) is 0.364. The maximum absolute atomic E-state index is 13.4. The van der Waals surface area contributed by atoms with Gasteiger partial charge in [0, 0.05) is 13.1 Å². The lowest BCUT2D eigenvalue weighted by atomic mass is 10.3. The molecule has 0 saturated carbocycles. The first kappa shape index (κ1) is 9.74. The fourth-order valence-corrected chi connectivity index (χ4v) is 1.91. The number of nitrogens with one attached hydrogen (secondary N) is 2. The van der Waals surface area contributed by atoms with Crippen molar-refractivity contribution >= 4 is 11.0 Å². The van der Waals surface area contributed by atoms with E-state index in [1.54, 1.807) is 6.07 Å². The Balaban J connectivity index is 2.01. The Kier molecular flexibility index (Phi) is 2.34. The minimum Gasteiger partial charge on any atom is -0.368 e. The number of imidazole rings is 1. The van der Waals surface area contributed by atoms with E-state index in [9.17, 15) is 4.39 Å². The fourth-order valence-electron chi connectivity index (χ4n) is 1.91. The van der Waals surface area contributed by atoms with Crippen LogP contribution < -0.4 is 5.32 Å². The number of benzene rings is 1. The zero-order valence-electron chi connectivity index (χ0n) is 8.66. The summed E-state index contributed by atoms with van der Waals surface area (Å²) >= 11 is 0. The third-order valence-electron chi connectivity index (χ3n) is 2.71. The highest BCUT2D eigenvalue weighted by molar-refractivity contribution is 5.75. The van der Waals surface area contributed by atoms with Gasteiger partial charge in [0.05, 0.1) is 12.1 Å². The summed E-state index contributed by atoms with van der Waals surface area (Å²) in [6, 6.07) is 4.89.